The first kappa shape index (κ1) is 16.6. The lowest BCUT2D eigenvalue weighted by atomic mass is 10.2. The van der Waals surface area contributed by atoms with Gasteiger partial charge in [0.15, 0.2) is 12.4 Å². The van der Waals surface area contributed by atoms with Gasteiger partial charge in [0.25, 0.3) is 5.91 Å². The summed E-state index contributed by atoms with van der Waals surface area (Å²) >= 11 is 3.15. The van der Waals surface area contributed by atoms with Crippen LogP contribution in [0.2, 0.25) is 0 Å². The van der Waals surface area contributed by atoms with Crippen LogP contribution < -0.4 is 10.9 Å². The highest BCUT2D eigenvalue weighted by atomic mass is 79.9. The Hall–Kier alpha value is -2.81. The Labute approximate surface area is 138 Å². The number of hydrogen-bond donors (Lipinski definition) is 3. The summed E-state index contributed by atoms with van der Waals surface area (Å²) in [5, 5.41) is 9.56. The molecule has 23 heavy (non-hydrogen) atoms. The summed E-state index contributed by atoms with van der Waals surface area (Å²) in [5.41, 5.74) is 4.05. The second-order valence-electron chi connectivity index (χ2n) is 4.22. The number of carbonyl (C=O) groups is 3. The van der Waals surface area contributed by atoms with E-state index in [1.165, 1.54) is 30.5 Å². The minimum atomic E-state index is -0.878. The number of hydrazine groups is 1. The standard InChI is InChI=1S/C14H11BrN2O6/c15-8-3-4-10(18)9(6-8)14(21)23-7-12(19)16-17-13(20)11-2-1-5-22-11/h1-6,18H,7H2,(H,16,19)(H,17,20). The summed E-state index contributed by atoms with van der Waals surface area (Å²) in [6.45, 7) is -0.636. The number of ether oxygens (including phenoxy) is 1. The molecule has 1 aromatic heterocycles. The molecular weight excluding hydrogens is 372 g/mol. The highest BCUT2D eigenvalue weighted by Gasteiger charge is 2.15. The SMILES string of the molecule is O=C(COC(=O)c1cc(Br)ccc1O)NNC(=O)c1ccco1. The molecule has 0 bridgehead atoms. The maximum Gasteiger partial charge on any atom is 0.342 e. The number of aromatic hydroxyl groups is 1. The van der Waals surface area contributed by atoms with Crippen LogP contribution in [0.5, 0.6) is 5.75 Å². The van der Waals surface area contributed by atoms with Crippen molar-refractivity contribution in [3.8, 4) is 5.75 Å². The van der Waals surface area contributed by atoms with Crippen LogP contribution in [0.3, 0.4) is 0 Å². The van der Waals surface area contributed by atoms with E-state index in [0.29, 0.717) is 4.47 Å². The van der Waals surface area contributed by atoms with E-state index in [1.807, 2.05) is 0 Å². The van der Waals surface area contributed by atoms with Crippen LogP contribution in [0.1, 0.15) is 20.9 Å². The molecule has 2 amide bonds. The van der Waals surface area contributed by atoms with E-state index >= 15 is 0 Å². The highest BCUT2D eigenvalue weighted by molar-refractivity contribution is 9.10. The lowest BCUT2D eigenvalue weighted by Gasteiger charge is -2.08. The maximum absolute atomic E-state index is 11.8. The molecular formula is C14H11BrN2O6. The number of carbonyl (C=O) groups excluding carboxylic acids is 3. The van der Waals surface area contributed by atoms with Crippen LogP contribution in [0, 0.1) is 0 Å². The van der Waals surface area contributed by atoms with Gasteiger partial charge in [-0.3, -0.25) is 20.4 Å². The fourth-order valence-corrected chi connectivity index (χ4v) is 1.87. The molecule has 0 aliphatic carbocycles. The lowest BCUT2D eigenvalue weighted by molar-refractivity contribution is -0.125. The second-order valence-corrected chi connectivity index (χ2v) is 5.13. The number of benzene rings is 1. The Kier molecular flexibility index (Phi) is 5.36. The third-order valence-corrected chi connectivity index (χ3v) is 3.07. The Morgan fingerprint density at radius 3 is 2.70 bits per heavy atom. The van der Waals surface area contributed by atoms with Crippen molar-refractivity contribution in [1.82, 2.24) is 10.9 Å². The quantitative estimate of drug-likeness (QED) is 0.542. The predicted molar refractivity (Wildman–Crippen MR) is 80.4 cm³/mol. The number of phenolic OH excluding ortho intramolecular Hbond substituents is 1. The summed E-state index contributed by atoms with van der Waals surface area (Å²) in [7, 11) is 0. The van der Waals surface area contributed by atoms with Gasteiger partial charge in [0.05, 0.1) is 6.26 Å². The Morgan fingerprint density at radius 1 is 1.22 bits per heavy atom. The Balaban J connectivity index is 1.81. The number of esters is 1. The number of hydrogen-bond acceptors (Lipinski definition) is 6. The van der Waals surface area contributed by atoms with E-state index < -0.39 is 24.4 Å². The van der Waals surface area contributed by atoms with Gasteiger partial charge >= 0.3 is 11.9 Å². The first-order valence-electron chi connectivity index (χ1n) is 6.25. The van der Waals surface area contributed by atoms with Gasteiger partial charge in [0.1, 0.15) is 11.3 Å². The molecule has 0 spiro atoms. The largest absolute Gasteiger partial charge is 0.507 e. The van der Waals surface area contributed by atoms with Crippen molar-refractivity contribution in [3.63, 3.8) is 0 Å². The number of amides is 2. The Bertz CT molecular complexity index is 729. The predicted octanol–water partition coefficient (Wildman–Crippen LogP) is 1.37. The third-order valence-electron chi connectivity index (χ3n) is 2.57. The zero-order chi connectivity index (χ0) is 16.8. The van der Waals surface area contributed by atoms with Gasteiger partial charge in [0, 0.05) is 4.47 Å². The monoisotopic (exact) mass is 382 g/mol. The average Bonchev–Trinajstić information content (AvgIpc) is 3.07. The molecule has 9 heteroatoms. The second kappa shape index (κ2) is 7.45. The molecule has 0 radical (unpaired) electrons. The van der Waals surface area contributed by atoms with Crippen LogP contribution in [0.15, 0.2) is 45.5 Å². The summed E-state index contributed by atoms with van der Waals surface area (Å²) in [6.07, 6.45) is 1.31. The van der Waals surface area contributed by atoms with Crippen LogP contribution >= 0.6 is 15.9 Å². The first-order valence-corrected chi connectivity index (χ1v) is 7.05. The molecule has 2 rings (SSSR count). The molecule has 0 aliphatic heterocycles. The molecule has 0 saturated heterocycles. The van der Waals surface area contributed by atoms with Gasteiger partial charge in [-0.25, -0.2) is 4.79 Å². The van der Waals surface area contributed by atoms with Crippen molar-refractivity contribution in [2.45, 2.75) is 0 Å². The molecule has 8 nitrogen and oxygen atoms in total. The molecule has 1 aromatic carbocycles. The average molecular weight is 383 g/mol. The van der Waals surface area contributed by atoms with Gasteiger partial charge in [-0.2, -0.15) is 0 Å². The molecule has 0 saturated carbocycles. The zero-order valence-corrected chi connectivity index (χ0v) is 13.1. The molecule has 120 valence electrons. The maximum atomic E-state index is 11.8. The van der Waals surface area contributed by atoms with E-state index in [0.717, 1.165) is 0 Å². The summed E-state index contributed by atoms with van der Waals surface area (Å²) in [4.78, 5) is 34.7. The summed E-state index contributed by atoms with van der Waals surface area (Å²) in [6, 6.07) is 7.14. The smallest absolute Gasteiger partial charge is 0.342 e. The van der Waals surface area contributed by atoms with Crippen LogP contribution in [0.4, 0.5) is 0 Å². The van der Waals surface area contributed by atoms with Crippen LogP contribution in [-0.2, 0) is 9.53 Å². The molecule has 0 atom stereocenters. The van der Waals surface area contributed by atoms with Gasteiger partial charge < -0.3 is 14.3 Å². The van der Waals surface area contributed by atoms with Gasteiger partial charge in [-0.15, -0.1) is 0 Å². The van der Waals surface area contributed by atoms with Crippen molar-refractivity contribution < 1.29 is 28.6 Å². The van der Waals surface area contributed by atoms with Crippen molar-refractivity contribution >= 4 is 33.7 Å². The molecule has 1 heterocycles. The fourth-order valence-electron chi connectivity index (χ4n) is 1.51. The number of nitrogens with one attached hydrogen (secondary N) is 2. The van der Waals surface area contributed by atoms with Crippen LogP contribution in [-0.4, -0.2) is 29.5 Å². The van der Waals surface area contributed by atoms with E-state index in [-0.39, 0.29) is 17.1 Å². The third kappa shape index (κ3) is 4.58. The summed E-state index contributed by atoms with van der Waals surface area (Å²) < 4.78 is 10.1. The number of furan rings is 1. The summed E-state index contributed by atoms with van der Waals surface area (Å²) in [5.74, 6) is -2.55. The van der Waals surface area contributed by atoms with Crippen molar-refractivity contribution in [2.24, 2.45) is 0 Å². The minimum Gasteiger partial charge on any atom is -0.507 e. The van der Waals surface area contributed by atoms with Crippen molar-refractivity contribution in [2.75, 3.05) is 6.61 Å². The lowest BCUT2D eigenvalue weighted by Crippen LogP contribution is -2.43. The number of phenols is 1. The topological polar surface area (TPSA) is 118 Å². The minimum absolute atomic E-state index is 0.0151. The van der Waals surface area contributed by atoms with E-state index in [1.54, 1.807) is 6.07 Å². The molecule has 0 aliphatic rings. The zero-order valence-electron chi connectivity index (χ0n) is 11.5. The molecule has 3 N–H and O–H groups in total. The highest BCUT2D eigenvalue weighted by Crippen LogP contribution is 2.22. The van der Waals surface area contributed by atoms with Gasteiger partial charge in [-0.05, 0) is 30.3 Å². The molecule has 2 aromatic rings. The number of halogens is 1. The van der Waals surface area contributed by atoms with Gasteiger partial charge in [-0.1, -0.05) is 15.9 Å². The van der Waals surface area contributed by atoms with E-state index in [2.05, 4.69) is 26.8 Å². The van der Waals surface area contributed by atoms with Crippen LogP contribution in [0.25, 0.3) is 0 Å². The first-order chi connectivity index (χ1) is 11.0. The Morgan fingerprint density at radius 2 is 2.00 bits per heavy atom. The molecule has 0 unspecified atom stereocenters. The van der Waals surface area contributed by atoms with Crippen molar-refractivity contribution in [1.29, 1.82) is 0 Å². The molecule has 0 fully saturated rings. The van der Waals surface area contributed by atoms with E-state index in [4.69, 9.17) is 9.15 Å². The van der Waals surface area contributed by atoms with Gasteiger partial charge in [0.2, 0.25) is 0 Å². The van der Waals surface area contributed by atoms with Crippen molar-refractivity contribution in [3.05, 3.63) is 52.4 Å². The number of rotatable bonds is 4. The fraction of sp³-hybridized carbons (Fsp3) is 0.0714. The van der Waals surface area contributed by atoms with E-state index in [9.17, 15) is 19.5 Å². The normalized spacial score (nSPS) is 9.96.